The van der Waals surface area contributed by atoms with Gasteiger partial charge in [-0.2, -0.15) is 0 Å². The number of urea groups is 1. The zero-order valence-electron chi connectivity index (χ0n) is 31.2. The van der Waals surface area contributed by atoms with E-state index < -0.39 is 6.29 Å². The summed E-state index contributed by atoms with van der Waals surface area (Å²) in [5.41, 5.74) is 8.31. The molecule has 2 amide bonds. The normalized spacial score (nSPS) is 19.1. The molecule has 6 aromatic carbocycles. The lowest BCUT2D eigenvalue weighted by Gasteiger charge is -2.43. The summed E-state index contributed by atoms with van der Waals surface area (Å²) in [6, 6.07) is 49.6. The van der Waals surface area contributed by atoms with Gasteiger partial charge in [0.1, 0.15) is 0 Å². The summed E-state index contributed by atoms with van der Waals surface area (Å²) < 4.78 is 13.6. The molecule has 7 rings (SSSR count). The monoisotopic (exact) mass is 719 g/mol. The third-order valence-corrected chi connectivity index (χ3v) is 10.8. The van der Waals surface area contributed by atoms with Gasteiger partial charge in [-0.3, -0.25) is 4.90 Å². The number of carbonyl (C=O) groups is 1. The maximum absolute atomic E-state index is 12.6. The molecule has 7 heteroatoms. The zero-order valence-corrected chi connectivity index (χ0v) is 31.2. The summed E-state index contributed by atoms with van der Waals surface area (Å²) in [4.78, 5) is 15.0. The summed E-state index contributed by atoms with van der Waals surface area (Å²) in [6.45, 7) is 6.04. The van der Waals surface area contributed by atoms with Crippen LogP contribution in [-0.2, 0) is 29.2 Å². The van der Waals surface area contributed by atoms with Gasteiger partial charge in [0.2, 0.25) is 0 Å². The number of nitrogens with one attached hydrogen (secondary N) is 2. The van der Waals surface area contributed by atoms with E-state index in [9.17, 15) is 9.90 Å². The van der Waals surface area contributed by atoms with Gasteiger partial charge in [0.05, 0.1) is 18.8 Å². The zero-order chi connectivity index (χ0) is 37.4. The largest absolute Gasteiger partial charge is 0.392 e. The number of hydrogen-bond acceptors (Lipinski definition) is 5. The van der Waals surface area contributed by atoms with E-state index >= 15 is 0 Å². The van der Waals surface area contributed by atoms with Crippen molar-refractivity contribution in [1.29, 1.82) is 0 Å². The standard InChI is InChI=1S/C47H49N3O4/c1-32-44(30-50(3)33(2)40-26-21-36-13-7-8-14-41(36)27-40)53-46(54-45(32)38-19-17-35(31-51)18-20-38)39-24-22-37(23-25-39)43-16-10-9-15-42(43)29-49-47(52)48-28-34-11-5-4-6-12-34/h4-27,32-33,44-46,51H,28-31H2,1-3H3,(H2,48,49,52)/t32-,33+,44+,45+,46+/m0/s1. The highest BCUT2D eigenvalue weighted by Crippen LogP contribution is 2.42. The van der Waals surface area contributed by atoms with Gasteiger partial charge in [0.15, 0.2) is 6.29 Å². The van der Waals surface area contributed by atoms with Crippen molar-refractivity contribution < 1.29 is 19.4 Å². The number of nitrogens with zero attached hydrogens (tertiary/aromatic N) is 1. The van der Waals surface area contributed by atoms with Gasteiger partial charge >= 0.3 is 6.03 Å². The topological polar surface area (TPSA) is 83.1 Å². The molecule has 0 radical (unpaired) electrons. The van der Waals surface area contributed by atoms with E-state index in [1.165, 1.54) is 16.3 Å². The minimum atomic E-state index is -0.572. The van der Waals surface area contributed by atoms with E-state index in [0.29, 0.717) is 13.1 Å². The highest BCUT2D eigenvalue weighted by atomic mass is 16.7. The Labute approximate surface area is 318 Å². The molecular formula is C47H49N3O4. The molecule has 0 unspecified atom stereocenters. The number of aliphatic hydroxyl groups excluding tert-OH is 1. The summed E-state index contributed by atoms with van der Waals surface area (Å²) in [5, 5.41) is 18.1. The minimum absolute atomic E-state index is 0.000168. The third kappa shape index (κ3) is 8.73. The minimum Gasteiger partial charge on any atom is -0.392 e. The van der Waals surface area contributed by atoms with Crippen LogP contribution in [0.25, 0.3) is 21.9 Å². The number of carbonyl (C=O) groups excluding carboxylic acids is 1. The van der Waals surface area contributed by atoms with Crippen molar-refractivity contribution in [3.8, 4) is 11.1 Å². The lowest BCUT2D eigenvalue weighted by molar-refractivity contribution is -0.276. The van der Waals surface area contributed by atoms with Gasteiger partial charge < -0.3 is 25.2 Å². The van der Waals surface area contributed by atoms with Crippen LogP contribution in [0.4, 0.5) is 4.79 Å². The van der Waals surface area contributed by atoms with Gasteiger partial charge in [-0.15, -0.1) is 0 Å². The highest BCUT2D eigenvalue weighted by molar-refractivity contribution is 5.83. The number of ether oxygens (including phenoxy) is 2. The fourth-order valence-electron chi connectivity index (χ4n) is 7.28. The SMILES string of the molecule is C[C@H]1[C@@H](CN(C)[C@H](C)c2ccc3ccccc3c2)O[C@@H](c2ccc(-c3ccccc3CNC(=O)NCc3ccccc3)cc2)O[C@H]1c1ccc(CO)cc1. The second-order valence-electron chi connectivity index (χ2n) is 14.3. The van der Waals surface area contributed by atoms with Crippen LogP contribution in [0.3, 0.4) is 0 Å². The lowest BCUT2D eigenvalue weighted by atomic mass is 9.89. The predicted molar refractivity (Wildman–Crippen MR) is 215 cm³/mol. The molecule has 276 valence electrons. The van der Waals surface area contributed by atoms with Crippen molar-refractivity contribution in [3.63, 3.8) is 0 Å². The molecule has 0 aromatic heterocycles. The van der Waals surface area contributed by atoms with Crippen molar-refractivity contribution >= 4 is 16.8 Å². The van der Waals surface area contributed by atoms with Crippen LogP contribution < -0.4 is 10.6 Å². The Morgan fingerprint density at radius 3 is 2.15 bits per heavy atom. The number of likely N-dealkylation sites (N-methyl/N-ethyl adjacent to an activating group) is 1. The summed E-state index contributed by atoms with van der Waals surface area (Å²) in [6.07, 6.45) is -0.888. The highest BCUT2D eigenvalue weighted by Gasteiger charge is 2.39. The molecule has 0 bridgehead atoms. The average molecular weight is 720 g/mol. The van der Waals surface area contributed by atoms with Crippen LogP contribution in [-0.4, -0.2) is 35.7 Å². The smallest absolute Gasteiger partial charge is 0.315 e. The Morgan fingerprint density at radius 2 is 1.39 bits per heavy atom. The van der Waals surface area contributed by atoms with E-state index in [2.05, 4.69) is 121 Å². The van der Waals surface area contributed by atoms with Gasteiger partial charge in [-0.05, 0) is 69.8 Å². The Bertz CT molecular complexity index is 2140. The van der Waals surface area contributed by atoms with E-state index in [4.69, 9.17) is 9.47 Å². The van der Waals surface area contributed by atoms with Crippen molar-refractivity contribution in [2.45, 2.75) is 58.1 Å². The first-order valence-corrected chi connectivity index (χ1v) is 18.8. The van der Waals surface area contributed by atoms with E-state index in [0.717, 1.165) is 45.5 Å². The fourth-order valence-corrected chi connectivity index (χ4v) is 7.28. The molecule has 6 aromatic rings. The van der Waals surface area contributed by atoms with E-state index in [1.807, 2.05) is 60.7 Å². The maximum atomic E-state index is 12.6. The van der Waals surface area contributed by atoms with Crippen LogP contribution >= 0.6 is 0 Å². The maximum Gasteiger partial charge on any atom is 0.315 e. The van der Waals surface area contributed by atoms with Gasteiger partial charge in [0, 0.05) is 37.2 Å². The molecule has 54 heavy (non-hydrogen) atoms. The number of hydrogen-bond donors (Lipinski definition) is 3. The Kier molecular flexibility index (Phi) is 11.8. The molecule has 7 nitrogen and oxygen atoms in total. The number of rotatable bonds is 12. The third-order valence-electron chi connectivity index (χ3n) is 10.8. The van der Waals surface area contributed by atoms with Crippen LogP contribution in [0, 0.1) is 5.92 Å². The second-order valence-corrected chi connectivity index (χ2v) is 14.3. The first-order valence-electron chi connectivity index (χ1n) is 18.8. The molecule has 1 aliphatic heterocycles. The Balaban J connectivity index is 1.07. The number of benzene rings is 6. The molecule has 0 saturated carbocycles. The van der Waals surface area contributed by atoms with E-state index in [-0.39, 0.29) is 36.8 Å². The van der Waals surface area contributed by atoms with Crippen molar-refractivity contribution in [3.05, 3.63) is 179 Å². The van der Waals surface area contributed by atoms with Crippen molar-refractivity contribution in [2.75, 3.05) is 13.6 Å². The predicted octanol–water partition coefficient (Wildman–Crippen LogP) is 9.48. The van der Waals surface area contributed by atoms with Crippen LogP contribution in [0.2, 0.25) is 0 Å². The van der Waals surface area contributed by atoms with Gasteiger partial charge in [0.25, 0.3) is 0 Å². The number of fused-ring (bicyclic) bond motifs is 1. The Hall–Kier alpha value is -5.31. The molecular weight excluding hydrogens is 671 g/mol. The van der Waals surface area contributed by atoms with Gasteiger partial charge in [-0.1, -0.05) is 146 Å². The first-order chi connectivity index (χ1) is 26.4. The summed E-state index contributed by atoms with van der Waals surface area (Å²) in [5.74, 6) is 0.0658. The lowest BCUT2D eigenvalue weighted by Crippen LogP contribution is -2.44. The molecule has 1 saturated heterocycles. The van der Waals surface area contributed by atoms with Crippen molar-refractivity contribution in [2.24, 2.45) is 5.92 Å². The van der Waals surface area contributed by atoms with Crippen LogP contribution in [0.1, 0.15) is 65.7 Å². The van der Waals surface area contributed by atoms with Crippen LogP contribution in [0.5, 0.6) is 0 Å². The Morgan fingerprint density at radius 1 is 0.722 bits per heavy atom. The van der Waals surface area contributed by atoms with Gasteiger partial charge in [-0.25, -0.2) is 4.79 Å². The number of amides is 2. The molecule has 0 aliphatic carbocycles. The van der Waals surface area contributed by atoms with E-state index in [1.54, 1.807) is 0 Å². The second kappa shape index (κ2) is 17.2. The number of aliphatic hydroxyl groups is 1. The molecule has 1 aliphatic rings. The average Bonchev–Trinajstić information content (AvgIpc) is 3.23. The summed E-state index contributed by atoms with van der Waals surface area (Å²) >= 11 is 0. The molecule has 5 atom stereocenters. The van der Waals surface area contributed by atoms with Crippen molar-refractivity contribution in [1.82, 2.24) is 15.5 Å². The molecule has 0 spiro atoms. The molecule has 1 heterocycles. The van der Waals surface area contributed by atoms with Crippen LogP contribution in [0.15, 0.2) is 146 Å². The molecule has 3 N–H and O–H groups in total. The first kappa shape index (κ1) is 37.0. The molecule has 1 fully saturated rings. The summed E-state index contributed by atoms with van der Waals surface area (Å²) in [7, 11) is 2.17. The fraction of sp³-hybridized carbons (Fsp3) is 0.255. The quantitative estimate of drug-likeness (QED) is 0.117.